The van der Waals surface area contributed by atoms with E-state index in [0.29, 0.717) is 18.3 Å². The molecule has 1 aliphatic heterocycles. The van der Waals surface area contributed by atoms with E-state index in [4.69, 9.17) is 4.52 Å². The minimum atomic E-state index is 0.112. The van der Waals surface area contributed by atoms with E-state index >= 15 is 0 Å². The summed E-state index contributed by atoms with van der Waals surface area (Å²) in [5.74, 6) is 1.97. The van der Waals surface area contributed by atoms with Crippen molar-refractivity contribution in [1.82, 2.24) is 25.7 Å². The molecule has 0 radical (unpaired) electrons. The summed E-state index contributed by atoms with van der Waals surface area (Å²) in [5.41, 5.74) is 0.112. The Kier molecular flexibility index (Phi) is 5.76. The second kappa shape index (κ2) is 7.58. The standard InChI is InChI=1S/C15H28N6O/c1-12-19-13(20-22-12)10-17-14(16-4)18-11-15(2,3)21-8-6-5-7-9-21/h5-11H2,1-4H3,(H2,16,17,18). The first kappa shape index (κ1) is 16.7. The molecule has 0 atom stereocenters. The second-order valence-corrected chi connectivity index (χ2v) is 6.37. The predicted octanol–water partition coefficient (Wildman–Crippen LogP) is 1.31. The molecule has 0 saturated carbocycles. The molecular formula is C15H28N6O. The van der Waals surface area contributed by atoms with Crippen LogP contribution in [0.5, 0.6) is 0 Å². The summed E-state index contributed by atoms with van der Waals surface area (Å²) >= 11 is 0. The molecule has 0 unspecified atom stereocenters. The van der Waals surface area contributed by atoms with E-state index in [-0.39, 0.29) is 5.54 Å². The summed E-state index contributed by atoms with van der Waals surface area (Å²) in [4.78, 5) is 11.0. The monoisotopic (exact) mass is 308 g/mol. The second-order valence-electron chi connectivity index (χ2n) is 6.37. The molecule has 0 amide bonds. The number of nitrogens with zero attached hydrogens (tertiary/aromatic N) is 4. The van der Waals surface area contributed by atoms with Crippen LogP contribution in [0.1, 0.15) is 44.8 Å². The van der Waals surface area contributed by atoms with Crippen molar-refractivity contribution in [1.29, 1.82) is 0 Å². The van der Waals surface area contributed by atoms with Gasteiger partial charge in [0.25, 0.3) is 0 Å². The summed E-state index contributed by atoms with van der Waals surface area (Å²) in [7, 11) is 1.77. The van der Waals surface area contributed by atoms with Crippen molar-refractivity contribution in [2.75, 3.05) is 26.7 Å². The molecule has 2 N–H and O–H groups in total. The van der Waals surface area contributed by atoms with Crippen molar-refractivity contribution < 1.29 is 4.52 Å². The maximum Gasteiger partial charge on any atom is 0.223 e. The van der Waals surface area contributed by atoms with E-state index in [1.165, 1.54) is 32.4 Å². The Morgan fingerprint density at radius 2 is 2.00 bits per heavy atom. The van der Waals surface area contributed by atoms with Crippen LogP contribution in [-0.2, 0) is 6.54 Å². The molecule has 7 heteroatoms. The van der Waals surface area contributed by atoms with Gasteiger partial charge in [0.2, 0.25) is 5.89 Å². The summed E-state index contributed by atoms with van der Waals surface area (Å²) in [6.07, 6.45) is 3.95. The fraction of sp³-hybridized carbons (Fsp3) is 0.800. The van der Waals surface area contributed by atoms with Crippen molar-refractivity contribution in [2.45, 2.75) is 52.1 Å². The third-order valence-corrected chi connectivity index (χ3v) is 4.11. The molecular weight excluding hydrogens is 280 g/mol. The average Bonchev–Trinajstić information content (AvgIpc) is 2.94. The first-order valence-corrected chi connectivity index (χ1v) is 8.00. The minimum absolute atomic E-state index is 0.112. The number of piperidine rings is 1. The highest BCUT2D eigenvalue weighted by molar-refractivity contribution is 5.79. The maximum atomic E-state index is 4.96. The Hall–Kier alpha value is -1.63. The third kappa shape index (κ3) is 4.69. The average molecular weight is 308 g/mol. The lowest BCUT2D eigenvalue weighted by Crippen LogP contribution is -2.54. The molecule has 22 heavy (non-hydrogen) atoms. The van der Waals surface area contributed by atoms with Crippen molar-refractivity contribution in [3.8, 4) is 0 Å². The van der Waals surface area contributed by atoms with Gasteiger partial charge in [-0.2, -0.15) is 4.98 Å². The molecule has 0 aromatic carbocycles. The van der Waals surface area contributed by atoms with Gasteiger partial charge < -0.3 is 15.2 Å². The van der Waals surface area contributed by atoms with Crippen LogP contribution in [0.15, 0.2) is 9.52 Å². The van der Waals surface area contributed by atoms with E-state index < -0.39 is 0 Å². The van der Waals surface area contributed by atoms with E-state index in [0.717, 1.165) is 12.5 Å². The molecule has 1 fully saturated rings. The third-order valence-electron chi connectivity index (χ3n) is 4.11. The first-order chi connectivity index (χ1) is 10.5. The van der Waals surface area contributed by atoms with Crippen LogP contribution >= 0.6 is 0 Å². The highest BCUT2D eigenvalue weighted by Crippen LogP contribution is 2.19. The van der Waals surface area contributed by atoms with Crippen LogP contribution in [0.3, 0.4) is 0 Å². The highest BCUT2D eigenvalue weighted by Gasteiger charge is 2.27. The Morgan fingerprint density at radius 3 is 2.59 bits per heavy atom. The van der Waals surface area contributed by atoms with Crippen LogP contribution in [0.4, 0.5) is 0 Å². The van der Waals surface area contributed by atoms with Crippen LogP contribution in [0.2, 0.25) is 0 Å². The van der Waals surface area contributed by atoms with Gasteiger partial charge in [-0.25, -0.2) is 0 Å². The van der Waals surface area contributed by atoms with E-state index in [1.54, 1.807) is 14.0 Å². The van der Waals surface area contributed by atoms with Crippen molar-refractivity contribution in [3.05, 3.63) is 11.7 Å². The van der Waals surface area contributed by atoms with Crippen LogP contribution < -0.4 is 10.6 Å². The largest absolute Gasteiger partial charge is 0.355 e. The molecule has 0 bridgehead atoms. The number of aryl methyl sites for hydroxylation is 1. The molecule has 0 aliphatic carbocycles. The molecule has 2 rings (SSSR count). The van der Waals surface area contributed by atoms with E-state index in [1.807, 2.05) is 0 Å². The zero-order chi connectivity index (χ0) is 16.0. The van der Waals surface area contributed by atoms with E-state index in [2.05, 4.69) is 44.5 Å². The van der Waals surface area contributed by atoms with Gasteiger partial charge in [0.1, 0.15) is 0 Å². The van der Waals surface area contributed by atoms with Gasteiger partial charge >= 0.3 is 0 Å². The SMILES string of the molecule is CN=C(NCc1noc(C)n1)NCC(C)(C)N1CCCCC1. The fourth-order valence-electron chi connectivity index (χ4n) is 2.71. The number of guanidine groups is 1. The van der Waals surface area contributed by atoms with Crippen LogP contribution in [0, 0.1) is 6.92 Å². The summed E-state index contributed by atoms with van der Waals surface area (Å²) < 4.78 is 4.96. The topological polar surface area (TPSA) is 78.6 Å². The number of rotatable bonds is 5. The van der Waals surface area contributed by atoms with Crippen molar-refractivity contribution >= 4 is 5.96 Å². The smallest absolute Gasteiger partial charge is 0.223 e. The quantitative estimate of drug-likeness (QED) is 0.631. The molecule has 1 aromatic rings. The van der Waals surface area contributed by atoms with Gasteiger partial charge in [-0.1, -0.05) is 11.6 Å². The lowest BCUT2D eigenvalue weighted by molar-refractivity contribution is 0.0982. The number of likely N-dealkylation sites (tertiary alicyclic amines) is 1. The number of nitrogens with one attached hydrogen (secondary N) is 2. The van der Waals surface area contributed by atoms with Crippen molar-refractivity contribution in [3.63, 3.8) is 0 Å². The van der Waals surface area contributed by atoms with Gasteiger partial charge in [0.05, 0.1) is 6.54 Å². The molecule has 1 aromatic heterocycles. The van der Waals surface area contributed by atoms with Crippen LogP contribution in [0.25, 0.3) is 0 Å². The van der Waals surface area contributed by atoms with Gasteiger partial charge in [-0.05, 0) is 39.8 Å². The molecule has 1 aliphatic rings. The normalized spacial score (nSPS) is 17.5. The zero-order valence-corrected chi connectivity index (χ0v) is 14.1. The van der Waals surface area contributed by atoms with Crippen LogP contribution in [-0.4, -0.2) is 53.2 Å². The number of hydrogen-bond acceptors (Lipinski definition) is 5. The molecule has 7 nitrogen and oxygen atoms in total. The Morgan fingerprint density at radius 1 is 1.27 bits per heavy atom. The van der Waals surface area contributed by atoms with Gasteiger partial charge in [0.15, 0.2) is 11.8 Å². The number of hydrogen-bond donors (Lipinski definition) is 2. The lowest BCUT2D eigenvalue weighted by atomic mass is 9.98. The highest BCUT2D eigenvalue weighted by atomic mass is 16.5. The molecule has 124 valence electrons. The maximum absolute atomic E-state index is 4.96. The summed E-state index contributed by atoms with van der Waals surface area (Å²) in [6.45, 7) is 10.1. The Balaban J connectivity index is 1.79. The summed E-state index contributed by atoms with van der Waals surface area (Å²) in [5, 5.41) is 10.5. The van der Waals surface area contributed by atoms with E-state index in [9.17, 15) is 0 Å². The molecule has 1 saturated heterocycles. The minimum Gasteiger partial charge on any atom is -0.355 e. The number of aliphatic imine (C=N–C) groups is 1. The zero-order valence-electron chi connectivity index (χ0n) is 14.1. The molecule has 2 heterocycles. The predicted molar refractivity (Wildman–Crippen MR) is 86.7 cm³/mol. The summed E-state index contributed by atoms with van der Waals surface area (Å²) in [6, 6.07) is 0. The van der Waals surface area contributed by atoms with Crippen molar-refractivity contribution in [2.24, 2.45) is 4.99 Å². The lowest BCUT2D eigenvalue weighted by Gasteiger charge is -2.41. The van der Waals surface area contributed by atoms with Gasteiger partial charge in [-0.15, -0.1) is 0 Å². The Bertz CT molecular complexity index is 490. The number of aromatic nitrogens is 2. The fourth-order valence-corrected chi connectivity index (χ4v) is 2.71. The molecule has 0 spiro atoms. The van der Waals surface area contributed by atoms with Gasteiger partial charge in [-0.3, -0.25) is 9.89 Å². The Labute approximate surface area is 132 Å². The first-order valence-electron chi connectivity index (χ1n) is 8.00. The van der Waals surface area contributed by atoms with Gasteiger partial charge in [0, 0.05) is 26.1 Å².